The molecule has 1 saturated carbocycles. The normalized spacial score (nSPS) is 19.6. The topological polar surface area (TPSA) is 138 Å². The summed E-state index contributed by atoms with van der Waals surface area (Å²) >= 11 is 0. The number of fused-ring (bicyclic) bond motifs is 1. The monoisotopic (exact) mass is 655 g/mol. The number of hydrogen-bond donors (Lipinski definition) is 2. The average molecular weight is 656 g/mol. The first-order valence-electron chi connectivity index (χ1n) is 15.6. The van der Waals surface area contributed by atoms with Crippen LogP contribution in [0.25, 0.3) is 10.9 Å². The zero-order chi connectivity index (χ0) is 34.5. The SMILES string of the molecule is COC(=O)c1ccc([C@H]2CC3(CCN2Cc2c(OC)cc(C)c4c2ccn4C(=O)OC(C)(C)C)CC(F)(F)C3)c(N[C@@H](C)C(N)=O)n1. The lowest BCUT2D eigenvalue weighted by Crippen LogP contribution is -2.53. The third-order valence-corrected chi connectivity index (χ3v) is 9.13. The van der Waals surface area contributed by atoms with Gasteiger partial charge in [0.1, 0.15) is 23.2 Å². The maximum atomic E-state index is 14.3. The summed E-state index contributed by atoms with van der Waals surface area (Å²) < 4.78 is 46.6. The molecule has 2 fully saturated rings. The van der Waals surface area contributed by atoms with Crippen molar-refractivity contribution >= 4 is 34.7 Å². The molecule has 254 valence electrons. The number of aryl methyl sites for hydroxylation is 1. The molecule has 47 heavy (non-hydrogen) atoms. The van der Waals surface area contributed by atoms with Crippen molar-refractivity contribution in [1.29, 1.82) is 0 Å². The van der Waals surface area contributed by atoms with E-state index in [1.807, 2.05) is 19.1 Å². The van der Waals surface area contributed by atoms with Crippen LogP contribution in [0.2, 0.25) is 0 Å². The zero-order valence-corrected chi connectivity index (χ0v) is 27.9. The van der Waals surface area contributed by atoms with Crippen LogP contribution < -0.4 is 15.8 Å². The third kappa shape index (κ3) is 6.90. The highest BCUT2D eigenvalue weighted by Gasteiger charge is 2.58. The summed E-state index contributed by atoms with van der Waals surface area (Å²) in [5.74, 6) is -3.15. The van der Waals surface area contributed by atoms with Crippen LogP contribution in [0.1, 0.15) is 86.6 Å². The number of esters is 1. The van der Waals surface area contributed by atoms with Crippen LogP contribution in [0.4, 0.5) is 19.4 Å². The van der Waals surface area contributed by atoms with Gasteiger partial charge in [-0.2, -0.15) is 0 Å². The minimum absolute atomic E-state index is 0.0214. The van der Waals surface area contributed by atoms with Crippen molar-refractivity contribution in [2.45, 2.75) is 90.5 Å². The number of ether oxygens (including phenoxy) is 3. The molecule has 3 N–H and O–H groups in total. The molecule has 5 rings (SSSR count). The predicted octanol–water partition coefficient (Wildman–Crippen LogP) is 5.96. The Bertz CT molecular complexity index is 1710. The average Bonchev–Trinajstić information content (AvgIpc) is 3.43. The minimum Gasteiger partial charge on any atom is -0.496 e. The molecule has 3 heterocycles. The number of nitrogens with one attached hydrogen (secondary N) is 1. The van der Waals surface area contributed by atoms with Crippen LogP contribution in [0.3, 0.4) is 0 Å². The number of rotatable bonds is 8. The van der Waals surface area contributed by atoms with Gasteiger partial charge in [-0.3, -0.25) is 14.3 Å². The number of carbonyl (C=O) groups is 3. The van der Waals surface area contributed by atoms with E-state index >= 15 is 0 Å². The number of carbonyl (C=O) groups excluding carboxylic acids is 3. The Kier molecular flexibility index (Phi) is 8.99. The van der Waals surface area contributed by atoms with Crippen LogP contribution in [0.15, 0.2) is 30.5 Å². The van der Waals surface area contributed by atoms with Crippen molar-refractivity contribution in [3.05, 3.63) is 52.8 Å². The van der Waals surface area contributed by atoms with Crippen molar-refractivity contribution in [3.8, 4) is 5.75 Å². The van der Waals surface area contributed by atoms with Crippen molar-refractivity contribution in [3.63, 3.8) is 0 Å². The Labute approximate surface area is 272 Å². The van der Waals surface area contributed by atoms with Gasteiger partial charge in [0.2, 0.25) is 11.8 Å². The fourth-order valence-electron chi connectivity index (χ4n) is 6.96. The number of piperidine rings is 1. The molecule has 1 saturated heterocycles. The number of likely N-dealkylation sites (tertiary alicyclic amines) is 1. The van der Waals surface area contributed by atoms with Gasteiger partial charge in [-0.15, -0.1) is 0 Å². The van der Waals surface area contributed by atoms with E-state index in [4.69, 9.17) is 19.9 Å². The second-order valence-electron chi connectivity index (χ2n) is 13.8. The molecule has 3 aromatic rings. The Hall–Kier alpha value is -4.26. The van der Waals surface area contributed by atoms with Gasteiger partial charge in [0.15, 0.2) is 5.69 Å². The molecule has 1 aliphatic heterocycles. The van der Waals surface area contributed by atoms with Crippen molar-refractivity contribution in [1.82, 2.24) is 14.5 Å². The molecule has 1 amide bonds. The predicted molar refractivity (Wildman–Crippen MR) is 172 cm³/mol. The molecule has 0 radical (unpaired) electrons. The van der Waals surface area contributed by atoms with Gasteiger partial charge in [0, 0.05) is 48.1 Å². The van der Waals surface area contributed by atoms with E-state index in [1.54, 1.807) is 47.1 Å². The maximum absolute atomic E-state index is 14.3. The third-order valence-electron chi connectivity index (χ3n) is 9.13. The number of nitrogens with two attached hydrogens (primary N) is 1. The number of alkyl halides is 2. The number of methoxy groups -OCH3 is 2. The number of anilines is 1. The summed E-state index contributed by atoms with van der Waals surface area (Å²) in [7, 11) is 2.82. The second-order valence-corrected chi connectivity index (χ2v) is 13.8. The Morgan fingerprint density at radius 1 is 1.17 bits per heavy atom. The van der Waals surface area contributed by atoms with Crippen LogP contribution in [-0.4, -0.2) is 70.8 Å². The summed E-state index contributed by atoms with van der Waals surface area (Å²) in [6, 6.07) is 5.71. The number of nitrogens with zero attached hydrogens (tertiary/aromatic N) is 3. The van der Waals surface area contributed by atoms with Crippen molar-refractivity contribution in [2.24, 2.45) is 11.1 Å². The van der Waals surface area contributed by atoms with E-state index in [0.29, 0.717) is 42.8 Å². The number of hydrogen-bond acceptors (Lipinski definition) is 9. The van der Waals surface area contributed by atoms with Crippen LogP contribution in [-0.2, 0) is 20.8 Å². The lowest BCUT2D eigenvalue weighted by molar-refractivity contribution is -0.186. The van der Waals surface area contributed by atoms with Gasteiger partial charge in [-0.05, 0) is 83.2 Å². The van der Waals surface area contributed by atoms with Gasteiger partial charge < -0.3 is 25.3 Å². The van der Waals surface area contributed by atoms with E-state index in [0.717, 1.165) is 16.5 Å². The maximum Gasteiger partial charge on any atom is 0.419 e. The number of pyridine rings is 1. The van der Waals surface area contributed by atoms with Crippen molar-refractivity contribution in [2.75, 3.05) is 26.1 Å². The number of aromatic nitrogens is 2. The van der Waals surface area contributed by atoms with Crippen molar-refractivity contribution < 1.29 is 37.4 Å². The van der Waals surface area contributed by atoms with E-state index < -0.39 is 47.0 Å². The number of benzene rings is 1. The minimum atomic E-state index is -2.72. The summed E-state index contributed by atoms with van der Waals surface area (Å²) in [6.45, 7) is 9.71. The van der Waals surface area contributed by atoms with Gasteiger partial charge in [0.05, 0.1) is 19.7 Å². The molecule has 2 aliphatic rings. The number of halogens is 2. The first kappa shape index (κ1) is 34.1. The molecule has 1 aromatic carbocycles. The van der Waals surface area contributed by atoms with Gasteiger partial charge in [-0.1, -0.05) is 6.07 Å². The molecule has 0 bridgehead atoms. The first-order valence-corrected chi connectivity index (χ1v) is 15.6. The standard InChI is InChI=1S/C34H43F2N5O6/c1-19-14-26(45-6)23(21-10-12-41(27(19)21)31(44)47-32(3,4)5)16-40-13-11-33(17-34(35,36)18-33)15-25(40)22-8-9-24(30(43)46-7)39-29(22)38-20(2)28(37)42/h8-10,12,14,20,25H,11,13,15-18H2,1-7H3,(H2,37,42)(H,38,39)/t20-,25+/m0/s1. The summed E-state index contributed by atoms with van der Waals surface area (Å²) in [5, 5.41) is 3.83. The van der Waals surface area contributed by atoms with Crippen LogP contribution in [0.5, 0.6) is 5.75 Å². The highest BCUT2D eigenvalue weighted by Crippen LogP contribution is 2.61. The first-order chi connectivity index (χ1) is 22.0. The Balaban J connectivity index is 1.60. The van der Waals surface area contributed by atoms with E-state index in [1.165, 1.54) is 17.7 Å². The smallest absolute Gasteiger partial charge is 0.419 e. The zero-order valence-electron chi connectivity index (χ0n) is 27.9. The number of primary amides is 1. The molecular formula is C34H43F2N5O6. The number of amides is 1. The van der Waals surface area contributed by atoms with Crippen LogP contribution in [0, 0.1) is 12.3 Å². The molecule has 1 spiro atoms. The lowest BCUT2D eigenvalue weighted by atomic mass is 9.59. The summed E-state index contributed by atoms with van der Waals surface area (Å²) in [4.78, 5) is 44.3. The largest absolute Gasteiger partial charge is 0.496 e. The second kappa shape index (κ2) is 12.4. The molecule has 1 aliphatic carbocycles. The molecule has 13 heteroatoms. The quantitative estimate of drug-likeness (QED) is 0.282. The molecular weight excluding hydrogens is 612 g/mol. The van der Waals surface area contributed by atoms with Crippen LogP contribution >= 0.6 is 0 Å². The van der Waals surface area contributed by atoms with E-state index in [-0.39, 0.29) is 24.4 Å². The van der Waals surface area contributed by atoms with E-state index in [9.17, 15) is 23.2 Å². The van der Waals surface area contributed by atoms with Gasteiger partial charge in [-0.25, -0.2) is 23.4 Å². The molecule has 11 nitrogen and oxygen atoms in total. The Morgan fingerprint density at radius 2 is 1.87 bits per heavy atom. The fourth-order valence-corrected chi connectivity index (χ4v) is 6.96. The van der Waals surface area contributed by atoms with Gasteiger partial charge >= 0.3 is 12.1 Å². The molecule has 0 unspecified atom stereocenters. The molecule has 2 atom stereocenters. The highest BCUT2D eigenvalue weighted by molar-refractivity contribution is 5.95. The highest BCUT2D eigenvalue weighted by atomic mass is 19.3. The summed E-state index contributed by atoms with van der Waals surface area (Å²) in [6.07, 6.45) is 1.70. The summed E-state index contributed by atoms with van der Waals surface area (Å²) in [5.41, 5.74) is 7.25. The lowest BCUT2D eigenvalue weighted by Gasteiger charge is -2.55. The Morgan fingerprint density at radius 3 is 2.47 bits per heavy atom. The van der Waals surface area contributed by atoms with E-state index in [2.05, 4.69) is 15.2 Å². The molecule has 2 aromatic heterocycles. The van der Waals surface area contributed by atoms with Gasteiger partial charge in [0.25, 0.3) is 0 Å². The fraction of sp³-hybridized carbons (Fsp3) is 0.529.